The van der Waals surface area contributed by atoms with Crippen LogP contribution in [0.25, 0.3) is 0 Å². The normalized spacial score (nSPS) is 14.9. The summed E-state index contributed by atoms with van der Waals surface area (Å²) in [6, 6.07) is 17.7. The van der Waals surface area contributed by atoms with E-state index in [1.807, 2.05) is 54.6 Å². The SMILES string of the molecule is S=C(Nc1ccc(Oc2ccccc2)cc1)N1CCCCCC1. The predicted molar refractivity (Wildman–Crippen MR) is 99.2 cm³/mol. The summed E-state index contributed by atoms with van der Waals surface area (Å²) in [5.74, 6) is 1.66. The van der Waals surface area contributed by atoms with Crippen molar-refractivity contribution < 1.29 is 4.74 Å². The molecule has 2 aromatic carbocycles. The van der Waals surface area contributed by atoms with Crippen LogP contribution in [0.5, 0.6) is 11.5 Å². The molecule has 0 radical (unpaired) electrons. The average Bonchev–Trinajstić information content (AvgIpc) is 2.87. The fraction of sp³-hybridized carbons (Fsp3) is 0.316. The first-order valence-electron chi connectivity index (χ1n) is 8.20. The van der Waals surface area contributed by atoms with Gasteiger partial charge in [-0.05, 0) is 61.5 Å². The third-order valence-electron chi connectivity index (χ3n) is 3.98. The van der Waals surface area contributed by atoms with E-state index in [1.165, 1.54) is 25.7 Å². The van der Waals surface area contributed by atoms with Crippen molar-refractivity contribution in [3.05, 3.63) is 54.6 Å². The fourth-order valence-corrected chi connectivity index (χ4v) is 3.01. The highest BCUT2D eigenvalue weighted by Crippen LogP contribution is 2.23. The average molecular weight is 326 g/mol. The molecule has 1 aliphatic rings. The lowest BCUT2D eigenvalue weighted by Crippen LogP contribution is -2.35. The Balaban J connectivity index is 1.57. The van der Waals surface area contributed by atoms with E-state index < -0.39 is 0 Å². The number of hydrogen-bond acceptors (Lipinski definition) is 2. The monoisotopic (exact) mass is 326 g/mol. The van der Waals surface area contributed by atoms with E-state index in [2.05, 4.69) is 10.2 Å². The second-order valence-electron chi connectivity index (χ2n) is 5.77. The lowest BCUT2D eigenvalue weighted by atomic mass is 10.2. The van der Waals surface area contributed by atoms with Gasteiger partial charge in [0, 0.05) is 18.8 Å². The van der Waals surface area contributed by atoms with Crippen molar-refractivity contribution >= 4 is 23.0 Å². The summed E-state index contributed by atoms with van der Waals surface area (Å²) in [6.07, 6.45) is 5.08. The molecule has 3 nitrogen and oxygen atoms in total. The van der Waals surface area contributed by atoms with Crippen LogP contribution in [0.3, 0.4) is 0 Å². The van der Waals surface area contributed by atoms with Gasteiger partial charge >= 0.3 is 0 Å². The van der Waals surface area contributed by atoms with Gasteiger partial charge in [0.2, 0.25) is 0 Å². The Hall–Kier alpha value is -2.07. The van der Waals surface area contributed by atoms with Crippen LogP contribution in [-0.4, -0.2) is 23.1 Å². The van der Waals surface area contributed by atoms with Crippen LogP contribution in [0.15, 0.2) is 54.6 Å². The molecule has 4 heteroatoms. The van der Waals surface area contributed by atoms with Crippen molar-refractivity contribution in [1.29, 1.82) is 0 Å². The molecule has 1 saturated heterocycles. The standard InChI is InChI=1S/C19H22N2OS/c23-19(21-14-6-1-2-7-15-21)20-16-10-12-18(13-11-16)22-17-8-4-3-5-9-17/h3-5,8-13H,1-2,6-7,14-15H2,(H,20,23). The number of para-hydroxylation sites is 1. The van der Waals surface area contributed by atoms with Crippen LogP contribution in [0.2, 0.25) is 0 Å². The van der Waals surface area contributed by atoms with Crippen molar-refractivity contribution in [2.45, 2.75) is 25.7 Å². The highest BCUT2D eigenvalue weighted by atomic mass is 32.1. The topological polar surface area (TPSA) is 24.5 Å². The van der Waals surface area contributed by atoms with Crippen LogP contribution in [0.1, 0.15) is 25.7 Å². The van der Waals surface area contributed by atoms with Gasteiger partial charge in [0.1, 0.15) is 11.5 Å². The van der Waals surface area contributed by atoms with Crippen LogP contribution < -0.4 is 10.1 Å². The molecule has 0 atom stereocenters. The molecule has 1 aliphatic heterocycles. The minimum atomic E-state index is 0.822. The van der Waals surface area contributed by atoms with Crippen LogP contribution in [0, 0.1) is 0 Å². The molecule has 0 amide bonds. The van der Waals surface area contributed by atoms with Crippen molar-refractivity contribution in [2.24, 2.45) is 0 Å². The first kappa shape index (κ1) is 15.8. The molecule has 0 aliphatic carbocycles. The van der Waals surface area contributed by atoms with Crippen LogP contribution >= 0.6 is 12.2 Å². The zero-order chi connectivity index (χ0) is 15.9. The maximum absolute atomic E-state index is 5.80. The van der Waals surface area contributed by atoms with Gasteiger partial charge in [-0.25, -0.2) is 0 Å². The summed E-state index contributed by atoms with van der Waals surface area (Å²) in [5, 5.41) is 4.16. The zero-order valence-corrected chi connectivity index (χ0v) is 14.0. The van der Waals surface area contributed by atoms with Gasteiger partial charge in [-0.2, -0.15) is 0 Å². The number of nitrogens with zero attached hydrogens (tertiary/aromatic N) is 1. The second kappa shape index (κ2) is 7.97. The summed E-state index contributed by atoms with van der Waals surface area (Å²) in [5.41, 5.74) is 1.000. The molecular formula is C19H22N2OS. The highest BCUT2D eigenvalue weighted by Gasteiger charge is 2.12. The Kier molecular flexibility index (Phi) is 5.48. The van der Waals surface area contributed by atoms with Crippen LogP contribution in [-0.2, 0) is 0 Å². The summed E-state index contributed by atoms with van der Waals surface area (Å²) in [7, 11) is 0. The number of nitrogens with one attached hydrogen (secondary N) is 1. The molecule has 3 rings (SSSR count). The largest absolute Gasteiger partial charge is 0.457 e. The molecule has 0 aromatic heterocycles. The number of likely N-dealkylation sites (tertiary alicyclic amines) is 1. The molecule has 2 aromatic rings. The van der Waals surface area contributed by atoms with Crippen molar-refractivity contribution in [2.75, 3.05) is 18.4 Å². The van der Waals surface area contributed by atoms with E-state index >= 15 is 0 Å². The predicted octanol–water partition coefficient (Wildman–Crippen LogP) is 5.05. The Morgan fingerprint density at radius 1 is 0.826 bits per heavy atom. The summed E-state index contributed by atoms with van der Waals surface area (Å²) in [6.45, 7) is 2.11. The molecule has 0 unspecified atom stereocenters. The van der Waals surface area contributed by atoms with Gasteiger partial charge in [-0.15, -0.1) is 0 Å². The Morgan fingerprint density at radius 2 is 1.43 bits per heavy atom. The quantitative estimate of drug-likeness (QED) is 0.798. The molecule has 23 heavy (non-hydrogen) atoms. The third kappa shape index (κ3) is 4.70. The van der Waals surface area contributed by atoms with Crippen molar-refractivity contribution in [3.8, 4) is 11.5 Å². The Labute approximate surface area is 143 Å². The first-order chi connectivity index (χ1) is 11.3. The minimum absolute atomic E-state index is 0.822. The zero-order valence-electron chi connectivity index (χ0n) is 13.2. The third-order valence-corrected chi connectivity index (χ3v) is 4.34. The van der Waals surface area contributed by atoms with Crippen molar-refractivity contribution in [1.82, 2.24) is 4.90 Å². The summed E-state index contributed by atoms with van der Waals surface area (Å²) >= 11 is 5.54. The van der Waals surface area contributed by atoms with Gasteiger partial charge in [-0.3, -0.25) is 0 Å². The molecule has 1 heterocycles. The molecular weight excluding hydrogens is 304 g/mol. The number of thiocarbonyl (C=S) groups is 1. The van der Waals surface area contributed by atoms with E-state index in [4.69, 9.17) is 17.0 Å². The number of rotatable bonds is 3. The Bertz CT molecular complexity index is 620. The molecule has 0 spiro atoms. The lowest BCUT2D eigenvalue weighted by Gasteiger charge is -2.24. The van der Waals surface area contributed by atoms with E-state index in [0.29, 0.717) is 0 Å². The lowest BCUT2D eigenvalue weighted by molar-refractivity contribution is 0.441. The molecule has 0 saturated carbocycles. The number of benzene rings is 2. The van der Waals surface area contributed by atoms with Crippen molar-refractivity contribution in [3.63, 3.8) is 0 Å². The smallest absolute Gasteiger partial charge is 0.173 e. The molecule has 1 N–H and O–H groups in total. The summed E-state index contributed by atoms with van der Waals surface area (Å²) < 4.78 is 5.80. The fourth-order valence-electron chi connectivity index (χ4n) is 2.71. The van der Waals surface area contributed by atoms with E-state index in [-0.39, 0.29) is 0 Å². The van der Waals surface area contributed by atoms with E-state index in [1.54, 1.807) is 0 Å². The number of ether oxygens (including phenoxy) is 1. The minimum Gasteiger partial charge on any atom is -0.457 e. The van der Waals surface area contributed by atoms with Gasteiger partial charge < -0.3 is 15.0 Å². The molecule has 1 fully saturated rings. The maximum Gasteiger partial charge on any atom is 0.173 e. The molecule has 0 bridgehead atoms. The maximum atomic E-state index is 5.80. The van der Waals surface area contributed by atoms with E-state index in [9.17, 15) is 0 Å². The Morgan fingerprint density at radius 3 is 2.09 bits per heavy atom. The number of anilines is 1. The second-order valence-corrected chi connectivity index (χ2v) is 6.16. The molecule has 120 valence electrons. The van der Waals surface area contributed by atoms with Crippen LogP contribution in [0.4, 0.5) is 5.69 Å². The highest BCUT2D eigenvalue weighted by molar-refractivity contribution is 7.80. The number of hydrogen-bond donors (Lipinski definition) is 1. The first-order valence-corrected chi connectivity index (χ1v) is 8.61. The van der Waals surface area contributed by atoms with Gasteiger partial charge in [-0.1, -0.05) is 31.0 Å². The van der Waals surface area contributed by atoms with Gasteiger partial charge in [0.25, 0.3) is 0 Å². The summed E-state index contributed by atoms with van der Waals surface area (Å²) in [4.78, 5) is 2.27. The van der Waals surface area contributed by atoms with Gasteiger partial charge in [0.05, 0.1) is 0 Å². The van der Waals surface area contributed by atoms with Gasteiger partial charge in [0.15, 0.2) is 5.11 Å². The van der Waals surface area contributed by atoms with E-state index in [0.717, 1.165) is 35.4 Å².